The van der Waals surface area contributed by atoms with Crippen molar-refractivity contribution in [2.75, 3.05) is 19.6 Å². The number of para-hydroxylation sites is 4. The Morgan fingerprint density at radius 3 is 0.690 bits per heavy atom. The highest BCUT2D eigenvalue weighted by molar-refractivity contribution is 5.84. The van der Waals surface area contributed by atoms with Crippen molar-refractivity contribution in [3.63, 3.8) is 0 Å². The van der Waals surface area contributed by atoms with E-state index in [-0.39, 0.29) is 0 Å². The van der Waals surface area contributed by atoms with Crippen molar-refractivity contribution in [3.8, 4) is 0 Å². The van der Waals surface area contributed by atoms with Gasteiger partial charge in [-0.3, -0.25) is 0 Å². The number of nitrogens with zero attached hydrogens (tertiary/aromatic N) is 4. The van der Waals surface area contributed by atoms with E-state index >= 15 is 0 Å². The van der Waals surface area contributed by atoms with E-state index in [4.69, 9.17) is 0 Å². The Bertz CT molecular complexity index is 2290. The Hall–Kier alpha value is -7.30. The monoisotopic (exact) mass is 750 g/mol. The lowest BCUT2D eigenvalue weighted by atomic mass is 10.0. The Morgan fingerprint density at radius 2 is 0.466 bits per heavy atom. The van der Waals surface area contributed by atoms with E-state index in [0.29, 0.717) is 0 Å². The highest BCUT2D eigenvalue weighted by Crippen LogP contribution is 2.42. The second-order valence-corrected chi connectivity index (χ2v) is 14.5. The van der Waals surface area contributed by atoms with Crippen LogP contribution in [-0.2, 0) is 0 Å². The van der Waals surface area contributed by atoms with Crippen molar-refractivity contribution in [1.29, 1.82) is 0 Å². The highest BCUT2D eigenvalue weighted by Gasteiger charge is 2.21. The maximum absolute atomic E-state index is 2.47. The molecule has 9 rings (SSSR count). The van der Waals surface area contributed by atoms with Gasteiger partial charge in [0.05, 0.1) is 0 Å². The number of anilines is 10. The summed E-state index contributed by atoms with van der Waals surface area (Å²) in [6, 6.07) is 69.2. The van der Waals surface area contributed by atoms with Crippen molar-refractivity contribution in [3.05, 3.63) is 242 Å². The van der Waals surface area contributed by atoms with E-state index in [1.165, 1.54) is 17.1 Å². The summed E-state index contributed by atoms with van der Waals surface area (Å²) in [5, 5.41) is 0. The van der Waals surface area contributed by atoms with Crippen molar-refractivity contribution >= 4 is 56.9 Å². The summed E-state index contributed by atoms with van der Waals surface area (Å²) < 4.78 is 0. The summed E-state index contributed by atoms with van der Waals surface area (Å²) in [5.74, 6) is 0. The molecule has 2 aliphatic carbocycles. The van der Waals surface area contributed by atoms with Crippen LogP contribution in [0.3, 0.4) is 0 Å². The summed E-state index contributed by atoms with van der Waals surface area (Å²) in [5.41, 5.74) is 13.7. The molecular weight excluding hydrogens is 705 g/mol. The zero-order valence-corrected chi connectivity index (χ0v) is 32.6. The lowest BCUT2D eigenvalue weighted by Crippen LogP contribution is -2.23. The van der Waals surface area contributed by atoms with Crippen LogP contribution in [-0.4, -0.2) is 0 Å². The van der Waals surface area contributed by atoms with Crippen molar-refractivity contribution in [2.45, 2.75) is 25.7 Å². The molecule has 0 saturated carbocycles. The molecule has 0 amide bonds. The first-order valence-corrected chi connectivity index (χ1v) is 20.2. The van der Waals surface area contributed by atoms with E-state index in [9.17, 15) is 0 Å². The molecule has 0 aromatic heterocycles. The van der Waals surface area contributed by atoms with E-state index in [0.717, 1.165) is 76.9 Å². The molecule has 7 aromatic carbocycles. The zero-order valence-electron chi connectivity index (χ0n) is 32.6. The Balaban J connectivity index is 1.12. The first kappa shape index (κ1) is 36.3. The fourth-order valence-corrected chi connectivity index (χ4v) is 7.97. The summed E-state index contributed by atoms with van der Waals surface area (Å²) in [7, 11) is 0. The molecule has 7 aromatic rings. The number of benzene rings is 7. The van der Waals surface area contributed by atoms with Crippen molar-refractivity contribution in [1.82, 2.24) is 0 Å². The van der Waals surface area contributed by atoms with E-state index in [1.807, 2.05) is 0 Å². The van der Waals surface area contributed by atoms with Gasteiger partial charge in [0.1, 0.15) is 0 Å². The number of allylic oxidation sites excluding steroid dienone is 8. The second kappa shape index (κ2) is 17.2. The van der Waals surface area contributed by atoms with Gasteiger partial charge >= 0.3 is 0 Å². The van der Waals surface area contributed by atoms with Gasteiger partial charge < -0.3 is 19.6 Å². The summed E-state index contributed by atoms with van der Waals surface area (Å²) >= 11 is 0. The van der Waals surface area contributed by atoms with E-state index < -0.39 is 0 Å². The van der Waals surface area contributed by atoms with Crippen LogP contribution in [0.5, 0.6) is 0 Å². The maximum Gasteiger partial charge on any atom is 0.0463 e. The van der Waals surface area contributed by atoms with E-state index in [2.05, 4.69) is 250 Å². The molecule has 4 nitrogen and oxygen atoms in total. The average Bonchev–Trinajstić information content (AvgIpc) is 3.30. The number of hydrogen-bond donors (Lipinski definition) is 0. The molecule has 0 unspecified atom stereocenters. The molecule has 0 bridgehead atoms. The predicted octanol–water partition coefficient (Wildman–Crippen LogP) is 15.4. The fourth-order valence-electron chi connectivity index (χ4n) is 7.97. The molecule has 0 radical (unpaired) electrons. The largest absolute Gasteiger partial charge is 0.318 e. The summed E-state index contributed by atoms with van der Waals surface area (Å²) in [4.78, 5) is 9.43. The highest BCUT2D eigenvalue weighted by atomic mass is 15.2. The van der Waals surface area contributed by atoms with Gasteiger partial charge in [0, 0.05) is 68.3 Å². The molecule has 0 aliphatic heterocycles. The van der Waals surface area contributed by atoms with Gasteiger partial charge in [-0.25, -0.2) is 0 Å². The Morgan fingerprint density at radius 1 is 0.241 bits per heavy atom. The van der Waals surface area contributed by atoms with Crippen molar-refractivity contribution < 1.29 is 0 Å². The quantitative estimate of drug-likeness (QED) is 0.123. The predicted molar refractivity (Wildman–Crippen MR) is 246 cm³/mol. The number of rotatable bonds is 12. The molecular formula is C54H46N4. The van der Waals surface area contributed by atoms with Gasteiger partial charge in [0.2, 0.25) is 0 Å². The molecule has 0 atom stereocenters. The molecule has 0 spiro atoms. The molecule has 0 N–H and O–H groups in total. The third-order valence-electron chi connectivity index (χ3n) is 10.7. The fraction of sp³-hybridized carbons (Fsp3) is 0.0741. The Kier molecular flexibility index (Phi) is 10.8. The minimum absolute atomic E-state index is 1.02. The maximum atomic E-state index is 2.47. The van der Waals surface area contributed by atoms with Crippen LogP contribution in [0.15, 0.2) is 242 Å². The topological polar surface area (TPSA) is 13.0 Å². The van der Waals surface area contributed by atoms with Crippen LogP contribution < -0.4 is 19.6 Å². The molecule has 282 valence electrons. The second-order valence-electron chi connectivity index (χ2n) is 14.5. The van der Waals surface area contributed by atoms with Crippen LogP contribution >= 0.6 is 0 Å². The summed E-state index contributed by atoms with van der Waals surface area (Å²) in [6.07, 6.45) is 17.6. The first-order valence-electron chi connectivity index (χ1n) is 20.2. The molecule has 0 saturated heterocycles. The van der Waals surface area contributed by atoms with Crippen molar-refractivity contribution in [2.24, 2.45) is 0 Å². The molecule has 58 heavy (non-hydrogen) atoms. The SMILES string of the molecule is C1=CCCC(N(C2=CC=CCC2)c2ccc(N(c3ccc(N(c4ccccc4)c4ccccc4)cc3)c3ccc(N(c4ccccc4)c4ccccc4)cc3)cc2)=C1. The minimum atomic E-state index is 1.02. The molecule has 0 heterocycles. The van der Waals surface area contributed by atoms with Crippen LogP contribution in [0.4, 0.5) is 56.9 Å². The Labute approximate surface area is 342 Å². The average molecular weight is 751 g/mol. The van der Waals surface area contributed by atoms with Gasteiger partial charge in [-0.05, 0) is 159 Å². The number of hydrogen-bond acceptors (Lipinski definition) is 4. The van der Waals surface area contributed by atoms with E-state index in [1.54, 1.807) is 0 Å². The lowest BCUT2D eigenvalue weighted by molar-refractivity contribution is 0.838. The van der Waals surface area contributed by atoms with Crippen LogP contribution in [0, 0.1) is 0 Å². The van der Waals surface area contributed by atoms with Crippen LogP contribution in [0.25, 0.3) is 0 Å². The third kappa shape index (κ3) is 7.86. The molecule has 2 aliphatic rings. The lowest BCUT2D eigenvalue weighted by Gasteiger charge is -2.33. The zero-order chi connectivity index (χ0) is 38.9. The van der Waals surface area contributed by atoms with Gasteiger partial charge in [-0.15, -0.1) is 0 Å². The summed E-state index contributed by atoms with van der Waals surface area (Å²) in [6.45, 7) is 0. The molecule has 0 fully saturated rings. The third-order valence-corrected chi connectivity index (χ3v) is 10.7. The normalized spacial score (nSPS) is 13.3. The van der Waals surface area contributed by atoms with Crippen LogP contribution in [0.1, 0.15) is 25.7 Å². The standard InChI is InChI=1S/C54H46N4/c1-7-19-43(20-8-1)55(44-21-9-2-10-22-44)49-31-37-52(38-32-49)58(53-39-33-50(34-40-53)56(45-23-11-3-12-24-45)46-25-13-4-14-26-46)54-41-35-51(36-42-54)57(47-27-15-5-16-28-47)48-29-17-6-18-30-48/h1-15,17,19-27,29,31-42H,16,18,28,30H2. The van der Waals surface area contributed by atoms with Gasteiger partial charge in [0.15, 0.2) is 0 Å². The van der Waals surface area contributed by atoms with Gasteiger partial charge in [0.25, 0.3) is 0 Å². The van der Waals surface area contributed by atoms with Crippen LogP contribution in [0.2, 0.25) is 0 Å². The minimum Gasteiger partial charge on any atom is -0.318 e. The molecule has 4 heteroatoms. The van der Waals surface area contributed by atoms with Gasteiger partial charge in [-0.1, -0.05) is 97.1 Å². The smallest absolute Gasteiger partial charge is 0.0463 e. The van der Waals surface area contributed by atoms with Gasteiger partial charge in [-0.2, -0.15) is 0 Å². The first-order chi connectivity index (χ1) is 28.8.